The van der Waals surface area contributed by atoms with E-state index in [1.165, 1.54) is 27.7 Å². The molecule has 0 heterocycles. The van der Waals surface area contributed by atoms with Gasteiger partial charge in [-0.2, -0.15) is 37.9 Å². The number of guanidine groups is 1. The van der Waals surface area contributed by atoms with E-state index in [4.69, 9.17) is 39.8 Å². The molecule has 0 fully saturated rings. The van der Waals surface area contributed by atoms with E-state index in [0.29, 0.717) is 6.42 Å². The van der Waals surface area contributed by atoms with E-state index in [0.717, 1.165) is 0 Å². The molecule has 0 aliphatic rings. The summed E-state index contributed by atoms with van der Waals surface area (Å²) in [5.41, 5.74) is 32.7. The summed E-state index contributed by atoms with van der Waals surface area (Å²) < 4.78 is 0. The molecule has 15 amide bonds. The van der Waals surface area contributed by atoms with E-state index < -0.39 is 247 Å². The number of amides is 15. The van der Waals surface area contributed by atoms with Crippen LogP contribution in [0.15, 0.2) is 0 Å². The number of aliphatic carboxylic acids is 2. The van der Waals surface area contributed by atoms with Gasteiger partial charge in [0.2, 0.25) is 88.6 Å². The van der Waals surface area contributed by atoms with E-state index in [1.54, 1.807) is 13.8 Å². The molecule has 0 unspecified atom stereocenters. The number of hydrogen-bond acceptors (Lipinski definition) is 23. The lowest BCUT2D eigenvalue weighted by atomic mass is 9.97. The number of rotatable bonds is 51. The lowest BCUT2D eigenvalue weighted by Crippen LogP contribution is -2.62. The Hall–Kier alpha value is -8.77. The van der Waals surface area contributed by atoms with Gasteiger partial charge in [-0.3, -0.25) is 82.1 Å². The van der Waals surface area contributed by atoms with Crippen LogP contribution in [0, 0.1) is 23.2 Å². The minimum atomic E-state index is -1.64. The first kappa shape index (κ1) is 91.2. The summed E-state index contributed by atoms with van der Waals surface area (Å²) in [6.07, 6.45) is -2.70. The van der Waals surface area contributed by atoms with Gasteiger partial charge in [0.05, 0.1) is 19.0 Å². The van der Waals surface area contributed by atoms with Crippen molar-refractivity contribution in [3.63, 3.8) is 0 Å². The number of unbranched alkanes of at least 4 members (excludes halogenated alkanes) is 1. The fraction of sp³-hybridized carbons (Fsp3) is 0.690. The fourth-order valence-corrected chi connectivity index (χ4v) is 9.78. The molecular weight excluding hydrogens is 1380 g/mol. The third-order valence-electron chi connectivity index (χ3n) is 15.0. The highest BCUT2D eigenvalue weighted by Crippen LogP contribution is 2.14. The van der Waals surface area contributed by atoms with Gasteiger partial charge in [0.1, 0.15) is 66.5 Å². The van der Waals surface area contributed by atoms with Gasteiger partial charge in [-0.25, -0.2) is 4.79 Å². The average Bonchev–Trinajstić information content (AvgIpc) is 0.854. The van der Waals surface area contributed by atoms with Crippen LogP contribution in [0.1, 0.15) is 125 Å². The zero-order valence-corrected chi connectivity index (χ0v) is 59.4. The molecule has 100 heavy (non-hydrogen) atoms. The Bertz CT molecular complexity index is 2860. The van der Waals surface area contributed by atoms with Crippen LogP contribution in [-0.4, -0.2) is 226 Å². The minimum absolute atomic E-state index is 0.0159. The second-order valence-corrected chi connectivity index (χ2v) is 25.1. The molecule has 0 aliphatic heterocycles. The molecule has 0 spiro atoms. The summed E-state index contributed by atoms with van der Waals surface area (Å²) in [5, 5.41) is 57.9. The van der Waals surface area contributed by atoms with Crippen LogP contribution >= 0.6 is 37.9 Å². The fourth-order valence-electron chi connectivity index (χ4n) is 9.01. The van der Waals surface area contributed by atoms with Crippen LogP contribution in [0.2, 0.25) is 0 Å². The van der Waals surface area contributed by atoms with Gasteiger partial charge in [-0.05, 0) is 75.7 Å². The quantitative estimate of drug-likeness (QED) is 0.0116. The van der Waals surface area contributed by atoms with Crippen LogP contribution in [0.4, 0.5) is 0 Å². The van der Waals surface area contributed by atoms with E-state index in [1.807, 2.05) is 0 Å². The van der Waals surface area contributed by atoms with Crippen molar-refractivity contribution in [1.82, 2.24) is 69.1 Å². The van der Waals surface area contributed by atoms with Crippen molar-refractivity contribution in [3.8, 4) is 0 Å². The molecule has 0 aromatic carbocycles. The molecular formula is C58H102N20O19S3. The predicted octanol–water partition coefficient (Wildman–Crippen LogP) is -8.34. The largest absolute Gasteiger partial charge is 0.481 e. The zero-order valence-electron chi connectivity index (χ0n) is 56.7. The van der Waals surface area contributed by atoms with Gasteiger partial charge in [0, 0.05) is 43.1 Å². The van der Waals surface area contributed by atoms with Crippen LogP contribution < -0.4 is 104 Å². The van der Waals surface area contributed by atoms with E-state index in [9.17, 15) is 91.7 Å². The molecule has 0 bridgehead atoms. The van der Waals surface area contributed by atoms with Gasteiger partial charge in [-0.1, -0.05) is 48.0 Å². The average molecular weight is 1480 g/mol. The predicted molar refractivity (Wildman–Crippen MR) is 370 cm³/mol. The summed E-state index contributed by atoms with van der Waals surface area (Å²) in [6.45, 7) is 8.69. The van der Waals surface area contributed by atoms with Crippen LogP contribution in [0.25, 0.3) is 0 Å². The normalized spacial score (nSPS) is 14.9. The van der Waals surface area contributed by atoms with Crippen molar-refractivity contribution in [2.45, 2.75) is 198 Å². The Morgan fingerprint density at radius 3 is 1.24 bits per heavy atom. The highest BCUT2D eigenvalue weighted by Gasteiger charge is 2.38. The number of thiol groups is 3. The second kappa shape index (κ2) is 48.1. The van der Waals surface area contributed by atoms with Gasteiger partial charge in [0.15, 0.2) is 5.96 Å². The van der Waals surface area contributed by atoms with Crippen molar-refractivity contribution in [2.24, 2.45) is 52.2 Å². The molecule has 42 heteroatoms. The SMILES string of the molecule is CC[C@H](C)[C@H](NC(=O)[C@H](CS)NC(=O)[C@H](CCCCN)NC(=O)[C@H](CCC(N)=O)NC(=O)[C@@H](NC(=O)[C@@H](NC(=O)[C@H](CCCNC(=N)N)NC(=O)[C@H](CS)NC(=O)CNC(=O)[C@H](CC(N)=O)NC(=O)[C@@H](N)CCC(N)=O)C(C)C)C(C)C)C(=O)N[C@@H](CCC(=O)O)C(=O)N[C@@H](CS)C(=O)O. The first-order chi connectivity index (χ1) is 46.8. The zero-order chi connectivity index (χ0) is 76.7. The van der Waals surface area contributed by atoms with Gasteiger partial charge >= 0.3 is 11.9 Å². The molecule has 39 nitrogen and oxygen atoms in total. The minimum Gasteiger partial charge on any atom is -0.481 e. The maximum Gasteiger partial charge on any atom is 0.327 e. The monoisotopic (exact) mass is 1480 g/mol. The van der Waals surface area contributed by atoms with Crippen LogP contribution in [-0.2, 0) is 81.5 Å². The summed E-state index contributed by atoms with van der Waals surface area (Å²) in [6, 6.07) is -18.1. The lowest BCUT2D eigenvalue weighted by molar-refractivity contribution is -0.142. The Morgan fingerprint density at radius 2 is 0.790 bits per heavy atom. The van der Waals surface area contributed by atoms with Crippen molar-refractivity contribution < 1.29 is 91.7 Å². The Kier molecular flexibility index (Phi) is 43.9. The number of nitrogens with one attached hydrogen (secondary N) is 14. The lowest BCUT2D eigenvalue weighted by Gasteiger charge is -2.30. The number of carbonyl (C=O) groups is 17. The summed E-state index contributed by atoms with van der Waals surface area (Å²) in [7, 11) is 0. The van der Waals surface area contributed by atoms with Crippen molar-refractivity contribution >= 4 is 144 Å². The van der Waals surface area contributed by atoms with Crippen molar-refractivity contribution in [3.05, 3.63) is 0 Å². The van der Waals surface area contributed by atoms with E-state index in [2.05, 4.69) is 107 Å². The Balaban J connectivity index is 6.78. The molecule has 0 saturated carbocycles. The summed E-state index contributed by atoms with van der Waals surface area (Å²) >= 11 is 12.3. The van der Waals surface area contributed by atoms with Crippen LogP contribution in [0.3, 0.4) is 0 Å². The Labute approximate surface area is 594 Å². The molecule has 0 radical (unpaired) electrons. The molecule has 0 aromatic rings. The van der Waals surface area contributed by atoms with Crippen molar-refractivity contribution in [2.75, 3.05) is 36.9 Å². The van der Waals surface area contributed by atoms with E-state index in [-0.39, 0.29) is 63.8 Å². The first-order valence-corrected chi connectivity index (χ1v) is 34.0. The second-order valence-electron chi connectivity index (χ2n) is 24.0. The first-order valence-electron chi connectivity index (χ1n) is 32.1. The molecule has 0 aliphatic carbocycles. The third-order valence-corrected chi connectivity index (χ3v) is 16.1. The topological polar surface area (TPSA) is 667 Å². The van der Waals surface area contributed by atoms with Gasteiger partial charge in [0.25, 0.3) is 0 Å². The maximum atomic E-state index is 14.3. The molecule has 28 N–H and O–H groups in total. The number of carbonyl (C=O) groups excluding carboxylic acids is 15. The molecule has 13 atom stereocenters. The molecule has 0 saturated heterocycles. The Morgan fingerprint density at radius 1 is 0.410 bits per heavy atom. The highest BCUT2D eigenvalue weighted by atomic mass is 32.1. The number of carboxylic acids is 2. The van der Waals surface area contributed by atoms with E-state index >= 15 is 0 Å². The van der Waals surface area contributed by atoms with Gasteiger partial charge < -0.3 is 114 Å². The number of hydrogen-bond donors (Lipinski definition) is 25. The number of primary amides is 3. The molecule has 0 rings (SSSR count). The summed E-state index contributed by atoms with van der Waals surface area (Å²) in [4.78, 5) is 223. The standard InChI is InChI=1S/C58H102N20O19S3/c1-7-28(6)45(56(95)72-33(15-18-42(83)84)50(89)75-37(25-100)57(96)97)78-53(92)36(24-99)74-48(87)30(11-8-9-19-59)69-49(88)32(14-17-39(62)80)71-54(93)43(26(2)3)77-55(94)44(27(4)5)76-51(90)31(12-10-20-66-58(64)65)70-52(91)35(23-98)68-41(82)22-67-47(86)34(21-40(63)81)73-46(85)29(60)13-16-38(61)79/h26-37,43-45,98-100H,7-25,59-60H2,1-6H3,(H2,61,79)(H2,62,80)(H2,63,81)(H,67,86)(H,68,82)(H,69,88)(H,70,91)(H,71,93)(H,72,95)(H,73,85)(H,74,87)(H,75,89)(H,76,90)(H,77,94)(H,78,92)(H,83,84)(H,96,97)(H4,64,65,66)/t28-,29-,30-,31-,32-,33-,34-,35-,36-,37-,43-,44-,45-/m0/s1. The summed E-state index contributed by atoms with van der Waals surface area (Å²) in [5.74, 6) is -21.1. The molecule has 0 aromatic heterocycles. The molecule has 566 valence electrons. The number of nitrogens with two attached hydrogens (primary N) is 6. The van der Waals surface area contributed by atoms with Crippen molar-refractivity contribution in [1.29, 1.82) is 5.41 Å². The highest BCUT2D eigenvalue weighted by molar-refractivity contribution is 7.80. The third kappa shape index (κ3) is 35.8. The maximum absolute atomic E-state index is 14.3. The van der Waals surface area contributed by atoms with Crippen LogP contribution in [0.5, 0.6) is 0 Å². The van der Waals surface area contributed by atoms with Gasteiger partial charge in [-0.15, -0.1) is 0 Å². The smallest absolute Gasteiger partial charge is 0.327 e. The number of carboxylic acid groups (broad SMARTS) is 2.